The Morgan fingerprint density at radius 2 is 1.85 bits per heavy atom. The molecule has 1 aromatic heterocycles. The SMILES string of the molecule is O=C(NCc1nc(-c2ccccc2)cs1)[C@@H]1CCCN(c2cccc3c2C(=O)N(Cc2cccc(F)c2)C3=O)C1. The van der Waals surface area contributed by atoms with Gasteiger partial charge in [-0.05, 0) is 42.7 Å². The minimum Gasteiger partial charge on any atom is -0.370 e. The van der Waals surface area contributed by atoms with Crippen molar-refractivity contribution < 1.29 is 18.8 Å². The minimum atomic E-state index is -0.418. The minimum absolute atomic E-state index is 0.00266. The molecule has 3 aromatic carbocycles. The highest BCUT2D eigenvalue weighted by atomic mass is 32.1. The second kappa shape index (κ2) is 11.0. The molecular formula is C31H27FN4O3S. The summed E-state index contributed by atoms with van der Waals surface area (Å²) in [6.07, 6.45) is 1.52. The summed E-state index contributed by atoms with van der Waals surface area (Å²) in [4.78, 5) is 47.6. The monoisotopic (exact) mass is 554 g/mol. The van der Waals surface area contributed by atoms with Gasteiger partial charge in [0.1, 0.15) is 10.8 Å². The summed E-state index contributed by atoms with van der Waals surface area (Å²) in [5.41, 5.74) is 3.81. The molecule has 1 saturated heterocycles. The number of fused-ring (bicyclic) bond motifs is 1. The van der Waals surface area contributed by atoms with Gasteiger partial charge in [-0.15, -0.1) is 11.3 Å². The van der Waals surface area contributed by atoms with Crippen LogP contribution in [0.4, 0.5) is 10.1 Å². The Labute approximate surface area is 235 Å². The number of rotatable bonds is 7. The molecule has 202 valence electrons. The van der Waals surface area contributed by atoms with E-state index in [-0.39, 0.29) is 18.4 Å². The van der Waals surface area contributed by atoms with Crippen molar-refractivity contribution in [2.45, 2.75) is 25.9 Å². The van der Waals surface area contributed by atoms with Crippen LogP contribution in [0.25, 0.3) is 11.3 Å². The summed E-state index contributed by atoms with van der Waals surface area (Å²) in [6.45, 7) is 1.48. The van der Waals surface area contributed by atoms with Crippen LogP contribution in [-0.2, 0) is 17.9 Å². The van der Waals surface area contributed by atoms with Gasteiger partial charge in [-0.25, -0.2) is 9.37 Å². The quantitative estimate of drug-likeness (QED) is 0.315. The van der Waals surface area contributed by atoms with Crippen LogP contribution >= 0.6 is 11.3 Å². The van der Waals surface area contributed by atoms with E-state index in [9.17, 15) is 18.8 Å². The lowest BCUT2D eigenvalue weighted by Crippen LogP contribution is -2.43. The van der Waals surface area contributed by atoms with Crippen LogP contribution in [0.5, 0.6) is 0 Å². The summed E-state index contributed by atoms with van der Waals surface area (Å²) in [5.74, 6) is -1.52. The molecule has 40 heavy (non-hydrogen) atoms. The number of halogens is 1. The second-order valence-corrected chi connectivity index (χ2v) is 11.0. The summed E-state index contributed by atoms with van der Waals surface area (Å²) in [7, 11) is 0. The molecule has 3 heterocycles. The van der Waals surface area contributed by atoms with Crippen LogP contribution < -0.4 is 10.2 Å². The number of amides is 3. The van der Waals surface area contributed by atoms with Crippen molar-refractivity contribution in [3.8, 4) is 11.3 Å². The first kappa shape index (κ1) is 25.9. The Kier molecular flexibility index (Phi) is 7.13. The van der Waals surface area contributed by atoms with Gasteiger partial charge in [0.05, 0.1) is 41.5 Å². The first-order valence-corrected chi connectivity index (χ1v) is 14.1. The Bertz CT molecular complexity index is 1590. The molecule has 1 N–H and O–H groups in total. The van der Waals surface area contributed by atoms with Crippen LogP contribution in [0.3, 0.4) is 0 Å². The molecule has 2 aliphatic heterocycles. The van der Waals surface area contributed by atoms with Crippen molar-refractivity contribution >= 4 is 34.7 Å². The lowest BCUT2D eigenvalue weighted by Gasteiger charge is -2.34. The molecule has 9 heteroatoms. The Hall–Kier alpha value is -4.37. The number of aromatic nitrogens is 1. The van der Waals surface area contributed by atoms with E-state index in [1.54, 1.807) is 24.3 Å². The summed E-state index contributed by atoms with van der Waals surface area (Å²) in [6, 6.07) is 21.1. The number of carbonyl (C=O) groups is 3. The maximum atomic E-state index is 13.7. The maximum absolute atomic E-state index is 13.7. The molecule has 0 saturated carbocycles. The highest BCUT2D eigenvalue weighted by Crippen LogP contribution is 2.35. The van der Waals surface area contributed by atoms with E-state index in [0.717, 1.165) is 34.0 Å². The molecule has 6 rings (SSSR count). The molecule has 1 atom stereocenters. The number of thiazole rings is 1. The van der Waals surface area contributed by atoms with E-state index in [4.69, 9.17) is 0 Å². The van der Waals surface area contributed by atoms with E-state index in [1.165, 1.54) is 23.5 Å². The first-order valence-electron chi connectivity index (χ1n) is 13.2. The number of carbonyl (C=O) groups excluding carboxylic acids is 3. The summed E-state index contributed by atoms with van der Waals surface area (Å²) >= 11 is 1.51. The van der Waals surface area contributed by atoms with Crippen LogP contribution in [0.1, 0.15) is 44.1 Å². The van der Waals surface area contributed by atoms with Gasteiger partial charge in [0.2, 0.25) is 5.91 Å². The number of nitrogens with one attached hydrogen (secondary N) is 1. The fourth-order valence-electron chi connectivity index (χ4n) is 5.39. The lowest BCUT2D eigenvalue weighted by atomic mass is 9.95. The van der Waals surface area contributed by atoms with Crippen LogP contribution in [-0.4, -0.2) is 40.7 Å². The number of piperidine rings is 1. The Balaban J connectivity index is 1.13. The van der Waals surface area contributed by atoms with E-state index >= 15 is 0 Å². The van der Waals surface area contributed by atoms with Gasteiger partial charge < -0.3 is 10.2 Å². The number of hydrogen-bond donors (Lipinski definition) is 1. The van der Waals surface area contributed by atoms with E-state index in [1.807, 2.05) is 46.7 Å². The maximum Gasteiger partial charge on any atom is 0.263 e. The third-order valence-electron chi connectivity index (χ3n) is 7.37. The van der Waals surface area contributed by atoms with Crippen molar-refractivity contribution in [2.75, 3.05) is 18.0 Å². The average molecular weight is 555 g/mol. The highest BCUT2D eigenvalue weighted by molar-refractivity contribution is 7.09. The zero-order valence-electron chi connectivity index (χ0n) is 21.7. The van der Waals surface area contributed by atoms with E-state index in [2.05, 4.69) is 10.3 Å². The number of hydrogen-bond acceptors (Lipinski definition) is 6. The van der Waals surface area contributed by atoms with E-state index < -0.39 is 17.6 Å². The van der Waals surface area contributed by atoms with Crippen LogP contribution in [0.2, 0.25) is 0 Å². The molecule has 3 amide bonds. The van der Waals surface area contributed by atoms with Crippen molar-refractivity contribution in [3.63, 3.8) is 0 Å². The largest absolute Gasteiger partial charge is 0.370 e. The predicted molar refractivity (Wildman–Crippen MR) is 151 cm³/mol. The fourth-order valence-corrected chi connectivity index (χ4v) is 6.13. The summed E-state index contributed by atoms with van der Waals surface area (Å²) < 4.78 is 13.7. The Morgan fingerprint density at radius 3 is 2.67 bits per heavy atom. The normalized spacial score (nSPS) is 16.8. The van der Waals surface area contributed by atoms with Crippen molar-refractivity contribution in [1.29, 1.82) is 0 Å². The molecule has 0 spiro atoms. The second-order valence-electron chi connectivity index (χ2n) is 10.0. The first-order chi connectivity index (χ1) is 19.5. The van der Waals surface area contributed by atoms with Crippen molar-refractivity contribution in [1.82, 2.24) is 15.2 Å². The molecule has 0 bridgehead atoms. The average Bonchev–Trinajstić information content (AvgIpc) is 3.56. The standard InChI is InChI=1S/C31H27FN4O3S/c32-23-11-4-7-20(15-23)17-36-30(38)24-12-5-13-26(28(24)31(36)39)35-14-6-10-22(18-35)29(37)33-16-27-34-25(19-40-27)21-8-2-1-3-9-21/h1-5,7-9,11-13,15,19,22H,6,10,14,16-18H2,(H,33,37)/t22-/m1/s1. The van der Waals surface area contributed by atoms with Crippen LogP contribution in [0.15, 0.2) is 78.2 Å². The highest BCUT2D eigenvalue weighted by Gasteiger charge is 2.39. The smallest absolute Gasteiger partial charge is 0.263 e. The number of nitrogens with zero attached hydrogens (tertiary/aromatic N) is 3. The van der Waals surface area contributed by atoms with Crippen molar-refractivity contribution in [2.24, 2.45) is 5.92 Å². The molecule has 0 unspecified atom stereocenters. The summed E-state index contributed by atoms with van der Waals surface area (Å²) in [5, 5.41) is 5.86. The molecule has 4 aromatic rings. The number of imide groups is 1. The predicted octanol–water partition coefficient (Wildman–Crippen LogP) is 5.28. The molecule has 1 fully saturated rings. The van der Waals surface area contributed by atoms with Crippen molar-refractivity contribution in [3.05, 3.63) is 106 Å². The van der Waals surface area contributed by atoms with Gasteiger partial charge in [0, 0.05) is 24.0 Å². The fraction of sp³-hybridized carbons (Fsp3) is 0.226. The topological polar surface area (TPSA) is 82.6 Å². The number of benzene rings is 3. The zero-order chi connectivity index (χ0) is 27.6. The molecule has 0 radical (unpaired) electrons. The van der Waals surface area contributed by atoms with E-state index in [0.29, 0.717) is 42.0 Å². The van der Waals surface area contributed by atoms with Gasteiger partial charge in [-0.3, -0.25) is 19.3 Å². The number of anilines is 1. The molecule has 2 aliphatic rings. The molecule has 0 aliphatic carbocycles. The zero-order valence-corrected chi connectivity index (χ0v) is 22.5. The Morgan fingerprint density at radius 1 is 1.02 bits per heavy atom. The van der Waals surface area contributed by atoms with Gasteiger partial charge in [-0.1, -0.05) is 48.5 Å². The van der Waals surface area contributed by atoms with Gasteiger partial charge >= 0.3 is 0 Å². The molecular weight excluding hydrogens is 527 g/mol. The van der Waals surface area contributed by atoms with Gasteiger partial charge in [0.25, 0.3) is 11.8 Å². The van der Waals surface area contributed by atoms with Gasteiger partial charge in [-0.2, -0.15) is 0 Å². The molecule has 7 nitrogen and oxygen atoms in total. The van der Waals surface area contributed by atoms with Crippen LogP contribution in [0, 0.1) is 11.7 Å². The van der Waals surface area contributed by atoms with Gasteiger partial charge in [0.15, 0.2) is 0 Å². The lowest BCUT2D eigenvalue weighted by molar-refractivity contribution is -0.125. The third-order valence-corrected chi connectivity index (χ3v) is 8.22. The third kappa shape index (κ3) is 5.12.